The zero-order valence-electron chi connectivity index (χ0n) is 15.2. The molecule has 0 saturated carbocycles. The fraction of sp³-hybridized carbons (Fsp3) is 0.450. The van der Waals surface area contributed by atoms with Gasteiger partial charge in [-0.3, -0.25) is 9.59 Å². The van der Waals surface area contributed by atoms with Crippen molar-refractivity contribution in [3.05, 3.63) is 58.5 Å². The van der Waals surface area contributed by atoms with Gasteiger partial charge in [0, 0.05) is 32.7 Å². The molecule has 1 saturated heterocycles. The molecule has 0 unspecified atom stereocenters. The number of amides is 1. The predicted molar refractivity (Wildman–Crippen MR) is 102 cm³/mol. The number of hydrogen-bond donors (Lipinski definition) is 1. The fourth-order valence-corrected chi connectivity index (χ4v) is 3.35. The molecular weight excluding hydrogens is 328 g/mol. The molecule has 1 atom stereocenters. The van der Waals surface area contributed by atoms with Crippen LogP contribution in [0.3, 0.4) is 0 Å². The molecule has 0 radical (unpaired) electrons. The van der Waals surface area contributed by atoms with Crippen LogP contribution in [0.5, 0.6) is 0 Å². The van der Waals surface area contributed by atoms with Gasteiger partial charge in [-0.05, 0) is 31.2 Å². The Morgan fingerprint density at radius 2 is 2.12 bits per heavy atom. The smallest absolute Gasteiger partial charge is 0.268 e. The van der Waals surface area contributed by atoms with Crippen LogP contribution in [-0.2, 0) is 18.3 Å². The van der Waals surface area contributed by atoms with Crippen LogP contribution >= 0.6 is 0 Å². The van der Waals surface area contributed by atoms with Crippen molar-refractivity contribution >= 4 is 11.6 Å². The second kappa shape index (κ2) is 8.65. The van der Waals surface area contributed by atoms with Crippen molar-refractivity contribution < 1.29 is 4.79 Å². The minimum absolute atomic E-state index is 0.0375. The standard InChI is InChI=1S/C20H26N4O2/c1-23-19(25)13-18(14-22-23)24-12-6-10-17(15-24)20(26)21-11-5-9-16-7-3-2-4-8-16/h2-4,7-8,13-14,17H,5-6,9-12,15H2,1H3,(H,21,26)/t17-/m1/s1. The summed E-state index contributed by atoms with van der Waals surface area (Å²) in [7, 11) is 1.63. The first-order valence-electron chi connectivity index (χ1n) is 9.23. The maximum atomic E-state index is 12.5. The van der Waals surface area contributed by atoms with Crippen molar-refractivity contribution in [1.82, 2.24) is 15.1 Å². The van der Waals surface area contributed by atoms with E-state index in [-0.39, 0.29) is 17.4 Å². The van der Waals surface area contributed by atoms with E-state index < -0.39 is 0 Å². The summed E-state index contributed by atoms with van der Waals surface area (Å²) in [5.41, 5.74) is 1.97. The Morgan fingerprint density at radius 1 is 1.31 bits per heavy atom. The molecule has 1 N–H and O–H groups in total. The van der Waals surface area contributed by atoms with Crippen molar-refractivity contribution in [1.29, 1.82) is 0 Å². The number of nitrogens with zero attached hydrogens (tertiary/aromatic N) is 3. The first-order valence-corrected chi connectivity index (χ1v) is 9.23. The molecule has 1 aliphatic heterocycles. The molecule has 138 valence electrons. The summed E-state index contributed by atoms with van der Waals surface area (Å²) < 4.78 is 1.31. The molecule has 26 heavy (non-hydrogen) atoms. The van der Waals surface area contributed by atoms with E-state index in [2.05, 4.69) is 27.4 Å². The maximum absolute atomic E-state index is 12.5. The zero-order valence-corrected chi connectivity index (χ0v) is 15.2. The molecule has 0 aliphatic carbocycles. The SMILES string of the molecule is Cn1ncc(N2CCC[C@@H](C(=O)NCCCc3ccccc3)C2)cc1=O. The topological polar surface area (TPSA) is 67.2 Å². The van der Waals surface area contributed by atoms with Crippen molar-refractivity contribution in [3.8, 4) is 0 Å². The summed E-state index contributed by atoms with van der Waals surface area (Å²) in [6, 6.07) is 11.9. The molecule has 6 heteroatoms. The number of nitrogens with one attached hydrogen (secondary N) is 1. The highest BCUT2D eigenvalue weighted by Gasteiger charge is 2.26. The van der Waals surface area contributed by atoms with Crippen LogP contribution in [0.1, 0.15) is 24.8 Å². The fourth-order valence-electron chi connectivity index (χ4n) is 3.35. The third kappa shape index (κ3) is 4.71. The Kier molecular flexibility index (Phi) is 6.04. The summed E-state index contributed by atoms with van der Waals surface area (Å²) in [6.45, 7) is 2.18. The minimum atomic E-state index is -0.130. The van der Waals surface area contributed by atoms with E-state index >= 15 is 0 Å². The van der Waals surface area contributed by atoms with E-state index in [0.29, 0.717) is 13.1 Å². The lowest BCUT2D eigenvalue weighted by atomic mass is 9.96. The maximum Gasteiger partial charge on any atom is 0.268 e. The first kappa shape index (κ1) is 18.2. The number of anilines is 1. The number of rotatable bonds is 6. The van der Waals surface area contributed by atoms with Gasteiger partial charge in [0.05, 0.1) is 17.8 Å². The normalized spacial score (nSPS) is 17.1. The summed E-state index contributed by atoms with van der Waals surface area (Å²) >= 11 is 0. The third-order valence-electron chi connectivity index (χ3n) is 4.90. The van der Waals surface area contributed by atoms with Gasteiger partial charge in [-0.2, -0.15) is 5.10 Å². The number of hydrogen-bond acceptors (Lipinski definition) is 4. The van der Waals surface area contributed by atoms with Crippen molar-refractivity contribution in [2.45, 2.75) is 25.7 Å². The molecular formula is C20H26N4O2. The lowest BCUT2D eigenvalue weighted by Gasteiger charge is -2.33. The molecule has 0 spiro atoms. The molecule has 1 aromatic carbocycles. The molecule has 0 bridgehead atoms. The number of benzene rings is 1. The Morgan fingerprint density at radius 3 is 2.88 bits per heavy atom. The van der Waals surface area contributed by atoms with Gasteiger partial charge in [0.2, 0.25) is 5.91 Å². The molecule has 1 aliphatic rings. The zero-order chi connectivity index (χ0) is 18.4. The average molecular weight is 354 g/mol. The molecule has 1 fully saturated rings. The van der Waals surface area contributed by atoms with Crippen molar-refractivity contribution in [2.75, 3.05) is 24.5 Å². The van der Waals surface area contributed by atoms with Gasteiger partial charge in [0.1, 0.15) is 0 Å². The van der Waals surface area contributed by atoms with Crippen molar-refractivity contribution in [3.63, 3.8) is 0 Å². The number of aryl methyl sites for hydroxylation is 2. The molecule has 2 heterocycles. The highest BCUT2D eigenvalue weighted by Crippen LogP contribution is 2.21. The van der Waals surface area contributed by atoms with E-state index in [0.717, 1.165) is 37.9 Å². The van der Waals surface area contributed by atoms with Crippen LogP contribution in [0.4, 0.5) is 5.69 Å². The van der Waals surface area contributed by atoms with Gasteiger partial charge in [0.15, 0.2) is 0 Å². The monoisotopic (exact) mass is 354 g/mol. The highest BCUT2D eigenvalue weighted by molar-refractivity contribution is 5.79. The second-order valence-electron chi connectivity index (χ2n) is 6.84. The predicted octanol–water partition coefficient (Wildman–Crippen LogP) is 1.75. The Hall–Kier alpha value is -2.63. The van der Waals surface area contributed by atoms with Crippen LogP contribution in [0, 0.1) is 5.92 Å². The molecule has 2 aromatic rings. The van der Waals surface area contributed by atoms with Crippen molar-refractivity contribution in [2.24, 2.45) is 13.0 Å². The summed E-state index contributed by atoms with van der Waals surface area (Å²) in [5.74, 6) is 0.0732. The number of piperidine rings is 1. The van der Waals surface area contributed by atoms with E-state index in [9.17, 15) is 9.59 Å². The Balaban J connectivity index is 1.48. The quantitative estimate of drug-likeness (QED) is 0.803. The van der Waals surface area contributed by atoms with E-state index in [1.54, 1.807) is 19.3 Å². The van der Waals surface area contributed by atoms with Crippen LogP contribution in [0.2, 0.25) is 0 Å². The Labute approximate surface area is 153 Å². The molecule has 1 aromatic heterocycles. The van der Waals surface area contributed by atoms with Gasteiger partial charge < -0.3 is 10.2 Å². The highest BCUT2D eigenvalue weighted by atomic mass is 16.2. The van der Waals surface area contributed by atoms with Crippen LogP contribution in [0.15, 0.2) is 47.4 Å². The van der Waals surface area contributed by atoms with Gasteiger partial charge in [0.25, 0.3) is 5.56 Å². The first-order chi connectivity index (χ1) is 12.6. The van der Waals surface area contributed by atoms with Crippen LogP contribution < -0.4 is 15.8 Å². The van der Waals surface area contributed by atoms with Gasteiger partial charge >= 0.3 is 0 Å². The van der Waals surface area contributed by atoms with Crippen LogP contribution in [-0.4, -0.2) is 35.3 Å². The summed E-state index contributed by atoms with van der Waals surface area (Å²) in [6.07, 6.45) is 5.43. The van der Waals surface area contributed by atoms with E-state index in [4.69, 9.17) is 0 Å². The summed E-state index contributed by atoms with van der Waals surface area (Å²) in [5, 5.41) is 7.14. The third-order valence-corrected chi connectivity index (χ3v) is 4.90. The van der Waals surface area contributed by atoms with E-state index in [1.165, 1.54) is 10.2 Å². The largest absolute Gasteiger partial charge is 0.369 e. The summed E-state index contributed by atoms with van der Waals surface area (Å²) in [4.78, 5) is 26.4. The second-order valence-corrected chi connectivity index (χ2v) is 6.84. The van der Waals surface area contributed by atoms with Gasteiger partial charge in [-0.1, -0.05) is 30.3 Å². The van der Waals surface area contributed by atoms with Gasteiger partial charge in [-0.25, -0.2) is 4.68 Å². The van der Waals surface area contributed by atoms with E-state index in [1.807, 2.05) is 18.2 Å². The number of aromatic nitrogens is 2. The average Bonchev–Trinajstić information content (AvgIpc) is 2.68. The molecule has 6 nitrogen and oxygen atoms in total. The molecule has 3 rings (SSSR count). The minimum Gasteiger partial charge on any atom is -0.369 e. The van der Waals surface area contributed by atoms with Gasteiger partial charge in [-0.15, -0.1) is 0 Å². The molecule has 1 amide bonds. The lowest BCUT2D eigenvalue weighted by Crippen LogP contribution is -2.43. The number of carbonyl (C=O) groups excluding carboxylic acids is 1. The lowest BCUT2D eigenvalue weighted by molar-refractivity contribution is -0.125. The van der Waals surface area contributed by atoms with Crippen LogP contribution in [0.25, 0.3) is 0 Å². The number of carbonyl (C=O) groups is 1. The Bertz CT molecular complexity index is 788.